The van der Waals surface area contributed by atoms with E-state index in [0.29, 0.717) is 6.04 Å². The Morgan fingerprint density at radius 2 is 1.61 bits per heavy atom. The van der Waals surface area contributed by atoms with E-state index < -0.39 is 0 Å². The fourth-order valence-corrected chi connectivity index (χ4v) is 3.58. The molecule has 122 valence electrons. The van der Waals surface area contributed by atoms with Crippen molar-refractivity contribution >= 4 is 5.69 Å². The summed E-state index contributed by atoms with van der Waals surface area (Å²) >= 11 is 0. The third-order valence-corrected chi connectivity index (χ3v) is 5.29. The quantitative estimate of drug-likeness (QED) is 0.816. The van der Waals surface area contributed by atoms with Crippen LogP contribution in [0.3, 0.4) is 0 Å². The molecule has 1 atom stereocenters. The lowest BCUT2D eigenvalue weighted by Gasteiger charge is -2.47. The van der Waals surface area contributed by atoms with Gasteiger partial charge in [-0.3, -0.25) is 0 Å². The SMILES string of the molecule is CN1CC[C@H](N(Cc2ccccc2)c2ccccc2)CC1(C)C. The van der Waals surface area contributed by atoms with E-state index in [1.807, 2.05) is 0 Å². The highest BCUT2D eigenvalue weighted by Crippen LogP contribution is 2.32. The number of hydrogen-bond acceptors (Lipinski definition) is 2. The molecule has 3 rings (SSSR count). The molecule has 0 amide bonds. The first-order valence-electron chi connectivity index (χ1n) is 8.63. The van der Waals surface area contributed by atoms with Crippen LogP contribution < -0.4 is 4.90 Å². The monoisotopic (exact) mass is 308 g/mol. The van der Waals surface area contributed by atoms with Gasteiger partial charge in [0.1, 0.15) is 0 Å². The second kappa shape index (κ2) is 6.76. The normalized spacial score (nSPS) is 21.1. The smallest absolute Gasteiger partial charge is 0.0432 e. The van der Waals surface area contributed by atoms with Gasteiger partial charge in [0, 0.05) is 30.4 Å². The molecule has 0 saturated carbocycles. The van der Waals surface area contributed by atoms with E-state index in [-0.39, 0.29) is 5.54 Å². The molecule has 0 aromatic heterocycles. The van der Waals surface area contributed by atoms with E-state index in [0.717, 1.165) is 13.1 Å². The van der Waals surface area contributed by atoms with Gasteiger partial charge in [0.05, 0.1) is 0 Å². The van der Waals surface area contributed by atoms with E-state index >= 15 is 0 Å². The average molecular weight is 308 g/mol. The number of anilines is 1. The molecule has 0 aliphatic carbocycles. The van der Waals surface area contributed by atoms with Crippen LogP contribution in [-0.2, 0) is 6.54 Å². The Kier molecular flexibility index (Phi) is 4.72. The Labute approximate surface area is 140 Å². The number of piperidine rings is 1. The van der Waals surface area contributed by atoms with Crippen LogP contribution in [-0.4, -0.2) is 30.1 Å². The summed E-state index contributed by atoms with van der Waals surface area (Å²) in [6, 6.07) is 22.3. The van der Waals surface area contributed by atoms with Crippen molar-refractivity contribution in [2.45, 2.75) is 44.8 Å². The zero-order valence-electron chi connectivity index (χ0n) is 14.6. The maximum absolute atomic E-state index is 2.60. The summed E-state index contributed by atoms with van der Waals surface area (Å²) in [5.41, 5.74) is 2.97. The van der Waals surface area contributed by atoms with Gasteiger partial charge in [0.25, 0.3) is 0 Å². The summed E-state index contributed by atoms with van der Waals surface area (Å²) in [5, 5.41) is 0. The highest BCUT2D eigenvalue weighted by Gasteiger charge is 2.35. The predicted molar refractivity (Wildman–Crippen MR) is 98.8 cm³/mol. The van der Waals surface area contributed by atoms with Gasteiger partial charge >= 0.3 is 0 Å². The van der Waals surface area contributed by atoms with E-state index in [9.17, 15) is 0 Å². The maximum atomic E-state index is 2.60. The van der Waals surface area contributed by atoms with Crippen LogP contribution in [0.15, 0.2) is 60.7 Å². The molecule has 0 N–H and O–H groups in total. The molecule has 1 aliphatic heterocycles. The van der Waals surface area contributed by atoms with Crippen molar-refractivity contribution in [3.63, 3.8) is 0 Å². The van der Waals surface area contributed by atoms with Gasteiger partial charge in [-0.2, -0.15) is 0 Å². The third kappa shape index (κ3) is 3.76. The topological polar surface area (TPSA) is 6.48 Å². The number of nitrogens with zero attached hydrogens (tertiary/aromatic N) is 2. The van der Waals surface area contributed by atoms with Crippen molar-refractivity contribution in [2.75, 3.05) is 18.5 Å². The summed E-state index contributed by atoms with van der Waals surface area (Å²) in [7, 11) is 2.25. The molecular weight excluding hydrogens is 280 g/mol. The molecule has 2 heteroatoms. The molecule has 0 bridgehead atoms. The predicted octanol–water partition coefficient (Wildman–Crippen LogP) is 4.57. The van der Waals surface area contributed by atoms with Gasteiger partial charge in [0.15, 0.2) is 0 Å². The molecule has 1 heterocycles. The Hall–Kier alpha value is -1.80. The molecule has 1 saturated heterocycles. The van der Waals surface area contributed by atoms with Crippen LogP contribution in [0, 0.1) is 0 Å². The summed E-state index contributed by atoms with van der Waals surface area (Å²) < 4.78 is 0. The second-order valence-electron chi connectivity index (χ2n) is 7.33. The molecule has 0 radical (unpaired) electrons. The molecule has 2 aromatic rings. The Bertz CT molecular complexity index is 606. The van der Waals surface area contributed by atoms with Gasteiger partial charge in [-0.05, 0) is 51.4 Å². The number of benzene rings is 2. The zero-order valence-corrected chi connectivity index (χ0v) is 14.6. The van der Waals surface area contributed by atoms with E-state index in [4.69, 9.17) is 0 Å². The van der Waals surface area contributed by atoms with Gasteiger partial charge in [0.2, 0.25) is 0 Å². The van der Waals surface area contributed by atoms with Crippen molar-refractivity contribution in [3.05, 3.63) is 66.2 Å². The highest BCUT2D eigenvalue weighted by molar-refractivity contribution is 5.48. The molecule has 1 fully saturated rings. The third-order valence-electron chi connectivity index (χ3n) is 5.29. The van der Waals surface area contributed by atoms with Crippen molar-refractivity contribution < 1.29 is 0 Å². The summed E-state index contributed by atoms with van der Waals surface area (Å²) in [5.74, 6) is 0. The molecule has 0 spiro atoms. The van der Waals surface area contributed by atoms with Crippen LogP contribution >= 0.6 is 0 Å². The van der Waals surface area contributed by atoms with Crippen LogP contribution in [0.1, 0.15) is 32.3 Å². The largest absolute Gasteiger partial charge is 0.364 e. The van der Waals surface area contributed by atoms with Crippen LogP contribution in [0.25, 0.3) is 0 Å². The molecule has 1 aliphatic rings. The van der Waals surface area contributed by atoms with Gasteiger partial charge in [-0.15, -0.1) is 0 Å². The summed E-state index contributed by atoms with van der Waals surface area (Å²) in [4.78, 5) is 5.10. The van der Waals surface area contributed by atoms with E-state index in [2.05, 4.69) is 91.4 Å². The second-order valence-corrected chi connectivity index (χ2v) is 7.33. The van der Waals surface area contributed by atoms with E-state index in [1.165, 1.54) is 24.1 Å². The van der Waals surface area contributed by atoms with E-state index in [1.54, 1.807) is 0 Å². The molecule has 23 heavy (non-hydrogen) atoms. The average Bonchev–Trinajstić information content (AvgIpc) is 2.57. The Balaban J connectivity index is 1.86. The van der Waals surface area contributed by atoms with Gasteiger partial charge in [-0.25, -0.2) is 0 Å². The minimum Gasteiger partial charge on any atom is -0.364 e. The zero-order chi connectivity index (χ0) is 16.3. The fourth-order valence-electron chi connectivity index (χ4n) is 3.58. The summed E-state index contributed by atoms with van der Waals surface area (Å²) in [6.07, 6.45) is 2.42. The number of hydrogen-bond donors (Lipinski definition) is 0. The van der Waals surface area contributed by atoms with Crippen molar-refractivity contribution in [2.24, 2.45) is 0 Å². The molecule has 0 unspecified atom stereocenters. The van der Waals surface area contributed by atoms with Crippen LogP contribution in [0.4, 0.5) is 5.69 Å². The van der Waals surface area contributed by atoms with Gasteiger partial charge < -0.3 is 9.80 Å². The lowest BCUT2D eigenvalue weighted by Crippen LogP contribution is -2.53. The lowest BCUT2D eigenvalue weighted by molar-refractivity contribution is 0.0926. The molecular formula is C21H28N2. The Morgan fingerprint density at radius 1 is 1.00 bits per heavy atom. The van der Waals surface area contributed by atoms with Crippen LogP contribution in [0.5, 0.6) is 0 Å². The number of likely N-dealkylation sites (tertiary alicyclic amines) is 1. The first kappa shape index (κ1) is 16.1. The lowest BCUT2D eigenvalue weighted by atomic mass is 9.86. The molecule has 2 aromatic carbocycles. The first-order chi connectivity index (χ1) is 11.1. The fraction of sp³-hybridized carbons (Fsp3) is 0.429. The number of para-hydroxylation sites is 1. The standard InChI is InChI=1S/C21H28N2/c1-21(2)16-20(14-15-22(21)3)23(19-12-8-5-9-13-19)17-18-10-6-4-7-11-18/h4-13,20H,14-17H2,1-3H3/t20-/m0/s1. The Morgan fingerprint density at radius 3 is 2.22 bits per heavy atom. The number of rotatable bonds is 4. The van der Waals surface area contributed by atoms with Crippen LogP contribution in [0.2, 0.25) is 0 Å². The summed E-state index contributed by atoms with van der Waals surface area (Å²) in [6.45, 7) is 6.88. The maximum Gasteiger partial charge on any atom is 0.0432 e. The van der Waals surface area contributed by atoms with Crippen molar-refractivity contribution in [1.82, 2.24) is 4.90 Å². The molecule has 2 nitrogen and oxygen atoms in total. The highest BCUT2D eigenvalue weighted by atomic mass is 15.2. The van der Waals surface area contributed by atoms with Gasteiger partial charge in [-0.1, -0.05) is 48.5 Å². The minimum atomic E-state index is 0.257. The van der Waals surface area contributed by atoms with Crippen molar-refractivity contribution in [3.8, 4) is 0 Å². The first-order valence-corrected chi connectivity index (χ1v) is 8.63. The van der Waals surface area contributed by atoms with Crippen molar-refractivity contribution in [1.29, 1.82) is 0 Å². The minimum absolute atomic E-state index is 0.257.